The van der Waals surface area contributed by atoms with Crippen molar-refractivity contribution in [2.45, 2.75) is 37.5 Å². The first-order valence-corrected chi connectivity index (χ1v) is 8.03. The maximum atomic E-state index is 13.2. The lowest BCUT2D eigenvalue weighted by molar-refractivity contribution is -0.122. The summed E-state index contributed by atoms with van der Waals surface area (Å²) in [6, 6.07) is 7.40. The van der Waals surface area contributed by atoms with E-state index in [2.05, 4.69) is 15.3 Å². The lowest BCUT2D eigenvalue weighted by Crippen LogP contribution is -2.42. The summed E-state index contributed by atoms with van der Waals surface area (Å²) in [6.07, 6.45) is 6.86. The molecule has 1 aliphatic carbocycles. The van der Waals surface area contributed by atoms with Crippen molar-refractivity contribution in [1.82, 2.24) is 9.97 Å². The Bertz CT molecular complexity index is 716. The van der Waals surface area contributed by atoms with Crippen LogP contribution in [-0.2, 0) is 10.2 Å². The van der Waals surface area contributed by atoms with Gasteiger partial charge in [-0.2, -0.15) is 9.37 Å². The smallest absolute Gasteiger partial charge is 0.236 e. The molecule has 6 heteroatoms. The fraction of sp³-hybridized carbons (Fsp3) is 0.353. The Balaban J connectivity index is 1.94. The molecule has 4 nitrogen and oxygen atoms in total. The topological polar surface area (TPSA) is 54.9 Å². The van der Waals surface area contributed by atoms with Gasteiger partial charge >= 0.3 is 0 Å². The van der Waals surface area contributed by atoms with Crippen molar-refractivity contribution in [2.75, 3.05) is 5.32 Å². The van der Waals surface area contributed by atoms with E-state index in [1.807, 2.05) is 18.2 Å². The van der Waals surface area contributed by atoms with Crippen molar-refractivity contribution in [2.24, 2.45) is 0 Å². The van der Waals surface area contributed by atoms with Crippen LogP contribution >= 0.6 is 11.6 Å². The maximum Gasteiger partial charge on any atom is 0.236 e. The second-order valence-corrected chi connectivity index (χ2v) is 6.27. The summed E-state index contributed by atoms with van der Waals surface area (Å²) in [5.74, 6) is -0.774. The van der Waals surface area contributed by atoms with Gasteiger partial charge in [0.05, 0.1) is 17.8 Å². The number of benzene rings is 1. The summed E-state index contributed by atoms with van der Waals surface area (Å²) in [4.78, 5) is 20.3. The van der Waals surface area contributed by atoms with Gasteiger partial charge in [0, 0.05) is 5.02 Å². The molecule has 1 amide bonds. The molecule has 0 atom stereocenters. The number of hydrogen-bond acceptors (Lipinski definition) is 3. The largest absolute Gasteiger partial charge is 0.309 e. The Kier molecular flexibility index (Phi) is 4.57. The molecule has 0 bridgehead atoms. The van der Waals surface area contributed by atoms with Gasteiger partial charge < -0.3 is 5.32 Å². The molecule has 1 heterocycles. The maximum absolute atomic E-state index is 13.2. The van der Waals surface area contributed by atoms with Crippen molar-refractivity contribution in [3.8, 4) is 0 Å². The van der Waals surface area contributed by atoms with Crippen LogP contribution in [0.5, 0.6) is 0 Å². The van der Waals surface area contributed by atoms with E-state index in [9.17, 15) is 9.18 Å². The Morgan fingerprint density at radius 3 is 2.70 bits per heavy atom. The summed E-state index contributed by atoms with van der Waals surface area (Å²) in [7, 11) is 0. The number of carbonyl (C=O) groups excluding carboxylic acids is 1. The molecule has 1 aromatic carbocycles. The van der Waals surface area contributed by atoms with E-state index < -0.39 is 11.4 Å². The molecule has 1 aromatic heterocycles. The van der Waals surface area contributed by atoms with Crippen LogP contribution in [0, 0.1) is 5.95 Å². The third-order valence-electron chi connectivity index (χ3n) is 4.37. The summed E-state index contributed by atoms with van der Waals surface area (Å²) >= 11 is 6.11. The number of nitrogens with zero attached hydrogens (tertiary/aromatic N) is 2. The van der Waals surface area contributed by atoms with Crippen LogP contribution < -0.4 is 5.32 Å². The Labute approximate surface area is 139 Å². The summed E-state index contributed by atoms with van der Waals surface area (Å²) in [5, 5.41) is 3.32. The van der Waals surface area contributed by atoms with Gasteiger partial charge in [-0.1, -0.05) is 43.0 Å². The van der Waals surface area contributed by atoms with Gasteiger partial charge in [0.2, 0.25) is 11.9 Å². The molecule has 0 aliphatic heterocycles. The Morgan fingerprint density at radius 2 is 2.00 bits per heavy atom. The third-order valence-corrected chi connectivity index (χ3v) is 4.60. The summed E-state index contributed by atoms with van der Waals surface area (Å²) in [5.41, 5.74) is 0.239. The first-order chi connectivity index (χ1) is 11.1. The van der Waals surface area contributed by atoms with Gasteiger partial charge in [-0.3, -0.25) is 9.78 Å². The van der Waals surface area contributed by atoms with E-state index in [0.717, 1.165) is 43.9 Å². The number of carbonyl (C=O) groups is 1. The lowest BCUT2D eigenvalue weighted by atomic mass is 9.68. The molecular weight excluding hydrogens is 317 g/mol. The number of nitrogens with one attached hydrogen (secondary N) is 1. The first kappa shape index (κ1) is 15.9. The van der Waals surface area contributed by atoms with E-state index in [0.29, 0.717) is 5.02 Å². The number of amides is 1. The Morgan fingerprint density at radius 1 is 1.22 bits per heavy atom. The molecule has 1 N–H and O–H groups in total. The SMILES string of the molecule is O=C(Nc1cncc(F)n1)C1(c2cccc(Cl)c2)CCCCC1. The second kappa shape index (κ2) is 6.62. The first-order valence-electron chi connectivity index (χ1n) is 7.65. The highest BCUT2D eigenvalue weighted by Gasteiger charge is 2.41. The average molecular weight is 334 g/mol. The zero-order chi connectivity index (χ0) is 16.3. The summed E-state index contributed by atoms with van der Waals surface area (Å²) in [6.45, 7) is 0. The zero-order valence-corrected chi connectivity index (χ0v) is 13.3. The zero-order valence-electron chi connectivity index (χ0n) is 12.6. The van der Waals surface area contributed by atoms with Crippen molar-refractivity contribution in [3.05, 3.63) is 53.2 Å². The van der Waals surface area contributed by atoms with E-state index in [1.165, 1.54) is 6.20 Å². The molecule has 0 spiro atoms. The molecule has 0 unspecified atom stereocenters. The predicted molar refractivity (Wildman–Crippen MR) is 86.8 cm³/mol. The molecule has 2 aromatic rings. The predicted octanol–water partition coefficient (Wildman–Crippen LogP) is 4.11. The monoisotopic (exact) mass is 333 g/mol. The Hall–Kier alpha value is -2.01. The molecule has 1 aliphatic rings. The van der Waals surface area contributed by atoms with Gasteiger partial charge in [0.1, 0.15) is 0 Å². The molecule has 23 heavy (non-hydrogen) atoms. The van der Waals surface area contributed by atoms with Crippen LogP contribution in [0.25, 0.3) is 0 Å². The van der Waals surface area contributed by atoms with Gasteiger partial charge in [0.25, 0.3) is 0 Å². The fourth-order valence-electron chi connectivity index (χ4n) is 3.23. The average Bonchev–Trinajstić information content (AvgIpc) is 2.55. The number of halogens is 2. The van der Waals surface area contributed by atoms with Crippen molar-refractivity contribution in [1.29, 1.82) is 0 Å². The molecule has 0 saturated heterocycles. The number of anilines is 1. The normalized spacial score (nSPS) is 16.8. The van der Waals surface area contributed by atoms with Crippen LogP contribution in [0.1, 0.15) is 37.7 Å². The molecule has 120 valence electrons. The van der Waals surface area contributed by atoms with Crippen LogP contribution in [-0.4, -0.2) is 15.9 Å². The molecule has 1 fully saturated rings. The van der Waals surface area contributed by atoms with E-state index in [1.54, 1.807) is 6.07 Å². The highest BCUT2D eigenvalue weighted by molar-refractivity contribution is 6.30. The number of aromatic nitrogens is 2. The quantitative estimate of drug-likeness (QED) is 0.919. The van der Waals surface area contributed by atoms with Crippen molar-refractivity contribution >= 4 is 23.3 Å². The van der Waals surface area contributed by atoms with Crippen LogP contribution in [0.2, 0.25) is 5.02 Å². The molecule has 1 saturated carbocycles. The standard InChI is InChI=1S/C17H17ClFN3O/c18-13-6-4-5-12(9-13)17(7-2-1-3-8-17)16(23)22-15-11-20-10-14(19)21-15/h4-6,9-11H,1-3,7-8H2,(H,21,22,23). The van der Waals surface area contributed by atoms with E-state index >= 15 is 0 Å². The summed E-state index contributed by atoms with van der Waals surface area (Å²) < 4.78 is 13.2. The highest BCUT2D eigenvalue weighted by atomic mass is 35.5. The second-order valence-electron chi connectivity index (χ2n) is 5.83. The highest BCUT2D eigenvalue weighted by Crippen LogP contribution is 2.41. The van der Waals surface area contributed by atoms with E-state index in [-0.39, 0.29) is 11.7 Å². The molecular formula is C17H17ClFN3O. The van der Waals surface area contributed by atoms with Crippen molar-refractivity contribution < 1.29 is 9.18 Å². The number of rotatable bonds is 3. The molecule has 0 radical (unpaired) electrons. The minimum absolute atomic E-state index is 0.127. The van der Waals surface area contributed by atoms with E-state index in [4.69, 9.17) is 11.6 Å². The minimum atomic E-state index is -0.719. The van der Waals surface area contributed by atoms with Gasteiger partial charge in [0.15, 0.2) is 5.82 Å². The van der Waals surface area contributed by atoms with Gasteiger partial charge in [-0.05, 0) is 30.5 Å². The van der Waals surface area contributed by atoms with Crippen LogP contribution in [0.3, 0.4) is 0 Å². The van der Waals surface area contributed by atoms with Gasteiger partial charge in [-0.25, -0.2) is 0 Å². The molecule has 3 rings (SSSR count). The third kappa shape index (κ3) is 3.34. The van der Waals surface area contributed by atoms with Crippen LogP contribution in [0.15, 0.2) is 36.7 Å². The number of hydrogen-bond donors (Lipinski definition) is 1. The lowest BCUT2D eigenvalue weighted by Gasteiger charge is -2.36. The van der Waals surface area contributed by atoms with Crippen LogP contribution in [0.4, 0.5) is 10.2 Å². The van der Waals surface area contributed by atoms with Crippen molar-refractivity contribution in [3.63, 3.8) is 0 Å². The minimum Gasteiger partial charge on any atom is -0.309 e. The van der Waals surface area contributed by atoms with Gasteiger partial charge in [-0.15, -0.1) is 0 Å². The fourth-order valence-corrected chi connectivity index (χ4v) is 3.42.